The van der Waals surface area contributed by atoms with Gasteiger partial charge in [0.25, 0.3) is 0 Å². The summed E-state index contributed by atoms with van der Waals surface area (Å²) in [5.41, 5.74) is 3.38. The maximum atomic E-state index is 10.8. The molecule has 0 radical (unpaired) electrons. The molecule has 1 aliphatic heterocycles. The fraction of sp³-hybridized carbons (Fsp3) is 0.222. The second kappa shape index (κ2) is 6.81. The maximum absolute atomic E-state index is 10.8. The molecule has 1 unspecified atom stereocenters. The number of hydrogen-bond acceptors (Lipinski definition) is 4. The highest BCUT2D eigenvalue weighted by Gasteiger charge is 2.29. The molecule has 0 fully saturated rings. The lowest BCUT2D eigenvalue weighted by molar-refractivity contribution is -0.137. The van der Waals surface area contributed by atoms with Crippen molar-refractivity contribution in [2.24, 2.45) is 0 Å². The van der Waals surface area contributed by atoms with E-state index in [4.69, 9.17) is 22.0 Å². The number of hydrogen-bond donors (Lipinski definition) is 2. The number of nitrogens with zero attached hydrogens (tertiary/aromatic N) is 2. The predicted molar refractivity (Wildman–Crippen MR) is 93.6 cm³/mol. The number of carboxylic acid groups (broad SMARTS) is 1. The molecule has 0 saturated carbocycles. The van der Waals surface area contributed by atoms with Crippen LogP contribution < -0.4 is 10.2 Å². The van der Waals surface area contributed by atoms with E-state index in [1.165, 1.54) is 0 Å². The molecule has 3 rings (SSSR count). The zero-order valence-electron chi connectivity index (χ0n) is 12.9. The van der Waals surface area contributed by atoms with Crippen LogP contribution in [0.1, 0.15) is 24.8 Å². The van der Waals surface area contributed by atoms with Gasteiger partial charge in [-0.1, -0.05) is 11.6 Å². The summed E-state index contributed by atoms with van der Waals surface area (Å²) < 4.78 is 0. The third-order valence-corrected chi connectivity index (χ3v) is 4.25. The SMILES string of the molecule is N#Cc1ccc2c(c1)N(c1ccc(Cl)cc1)C(CCCC(=O)O)N2. The molecule has 1 heterocycles. The van der Waals surface area contributed by atoms with E-state index in [1.807, 2.05) is 36.4 Å². The summed E-state index contributed by atoms with van der Waals surface area (Å²) in [6.45, 7) is 0. The van der Waals surface area contributed by atoms with Crippen molar-refractivity contribution in [2.75, 3.05) is 10.2 Å². The number of anilines is 3. The Bertz CT molecular complexity index is 799. The highest BCUT2D eigenvalue weighted by Crippen LogP contribution is 2.42. The number of nitriles is 1. The first-order chi connectivity index (χ1) is 11.6. The van der Waals surface area contributed by atoms with Gasteiger partial charge < -0.3 is 15.3 Å². The fourth-order valence-electron chi connectivity index (χ4n) is 2.90. The van der Waals surface area contributed by atoms with Crippen LogP contribution in [0.5, 0.6) is 0 Å². The third kappa shape index (κ3) is 3.29. The van der Waals surface area contributed by atoms with Crippen LogP contribution in [0.3, 0.4) is 0 Å². The average molecular weight is 342 g/mol. The van der Waals surface area contributed by atoms with E-state index < -0.39 is 5.97 Å². The van der Waals surface area contributed by atoms with Gasteiger partial charge in [0.2, 0.25) is 0 Å². The van der Waals surface area contributed by atoms with E-state index >= 15 is 0 Å². The number of benzene rings is 2. The second-order valence-electron chi connectivity index (χ2n) is 5.64. The predicted octanol–water partition coefficient (Wildman–Crippen LogP) is 4.36. The quantitative estimate of drug-likeness (QED) is 0.845. The molecule has 1 aliphatic rings. The number of aliphatic carboxylic acids is 1. The van der Waals surface area contributed by atoms with Crippen LogP contribution in [-0.2, 0) is 4.79 Å². The Hall–Kier alpha value is -2.71. The molecule has 0 saturated heterocycles. The van der Waals surface area contributed by atoms with Gasteiger partial charge in [0.05, 0.1) is 23.0 Å². The molecule has 0 aliphatic carbocycles. The van der Waals surface area contributed by atoms with Crippen molar-refractivity contribution in [1.29, 1.82) is 5.26 Å². The summed E-state index contributed by atoms with van der Waals surface area (Å²) in [6.07, 6.45) is 1.31. The third-order valence-electron chi connectivity index (χ3n) is 3.99. The van der Waals surface area contributed by atoms with Crippen molar-refractivity contribution < 1.29 is 9.90 Å². The van der Waals surface area contributed by atoms with Gasteiger partial charge in [-0.15, -0.1) is 0 Å². The molecule has 2 aromatic carbocycles. The zero-order chi connectivity index (χ0) is 17.1. The fourth-order valence-corrected chi connectivity index (χ4v) is 3.03. The van der Waals surface area contributed by atoms with Crippen molar-refractivity contribution in [3.05, 3.63) is 53.1 Å². The van der Waals surface area contributed by atoms with Crippen LogP contribution in [0.15, 0.2) is 42.5 Å². The van der Waals surface area contributed by atoms with Gasteiger partial charge in [0, 0.05) is 17.1 Å². The van der Waals surface area contributed by atoms with E-state index in [2.05, 4.69) is 16.3 Å². The number of carboxylic acids is 1. The van der Waals surface area contributed by atoms with E-state index in [1.54, 1.807) is 6.07 Å². The topological polar surface area (TPSA) is 76.4 Å². The lowest BCUT2D eigenvalue weighted by Crippen LogP contribution is -2.31. The molecular weight excluding hydrogens is 326 g/mol. The molecule has 6 heteroatoms. The number of carbonyl (C=O) groups is 1. The summed E-state index contributed by atoms with van der Waals surface area (Å²) in [6, 6.07) is 15.1. The summed E-state index contributed by atoms with van der Waals surface area (Å²) in [4.78, 5) is 12.9. The van der Waals surface area contributed by atoms with Crippen molar-refractivity contribution >= 4 is 34.6 Å². The molecule has 0 aromatic heterocycles. The van der Waals surface area contributed by atoms with Crippen LogP contribution in [0.25, 0.3) is 0 Å². The first-order valence-electron chi connectivity index (χ1n) is 7.66. The van der Waals surface area contributed by atoms with Crippen molar-refractivity contribution in [1.82, 2.24) is 0 Å². The van der Waals surface area contributed by atoms with Crippen LogP contribution >= 0.6 is 11.6 Å². The summed E-state index contributed by atoms with van der Waals surface area (Å²) in [7, 11) is 0. The Labute approximate surface area is 145 Å². The minimum Gasteiger partial charge on any atom is -0.481 e. The Morgan fingerprint density at radius 3 is 2.71 bits per heavy atom. The van der Waals surface area contributed by atoms with Gasteiger partial charge in [-0.2, -0.15) is 5.26 Å². The summed E-state index contributed by atoms with van der Waals surface area (Å²) in [5, 5.41) is 22.1. The Morgan fingerprint density at radius 1 is 1.29 bits per heavy atom. The van der Waals surface area contributed by atoms with Crippen molar-refractivity contribution in [3.8, 4) is 6.07 Å². The van der Waals surface area contributed by atoms with Crippen LogP contribution in [-0.4, -0.2) is 17.2 Å². The summed E-state index contributed by atoms with van der Waals surface area (Å²) in [5.74, 6) is -0.796. The first-order valence-corrected chi connectivity index (χ1v) is 8.03. The largest absolute Gasteiger partial charge is 0.481 e. The van der Waals surface area contributed by atoms with E-state index in [9.17, 15) is 4.79 Å². The molecule has 5 nitrogen and oxygen atoms in total. The van der Waals surface area contributed by atoms with Gasteiger partial charge in [-0.25, -0.2) is 0 Å². The molecule has 1 atom stereocenters. The van der Waals surface area contributed by atoms with Crippen LogP contribution in [0.4, 0.5) is 17.1 Å². The second-order valence-corrected chi connectivity index (χ2v) is 6.07. The van der Waals surface area contributed by atoms with Crippen LogP contribution in [0.2, 0.25) is 5.02 Å². The molecule has 0 spiro atoms. The average Bonchev–Trinajstić information content (AvgIpc) is 2.92. The monoisotopic (exact) mass is 341 g/mol. The molecule has 0 bridgehead atoms. The number of rotatable bonds is 5. The highest BCUT2D eigenvalue weighted by molar-refractivity contribution is 6.30. The zero-order valence-corrected chi connectivity index (χ0v) is 13.6. The first kappa shape index (κ1) is 16.2. The number of halogens is 1. The van der Waals surface area contributed by atoms with Gasteiger partial charge in [0.15, 0.2) is 0 Å². The van der Waals surface area contributed by atoms with E-state index in [0.29, 0.717) is 23.4 Å². The molecule has 2 aromatic rings. The minimum absolute atomic E-state index is 0.0607. The normalized spacial score (nSPS) is 15.5. The van der Waals surface area contributed by atoms with Crippen molar-refractivity contribution in [3.63, 3.8) is 0 Å². The van der Waals surface area contributed by atoms with E-state index in [0.717, 1.165) is 17.1 Å². The van der Waals surface area contributed by atoms with Crippen LogP contribution in [0, 0.1) is 11.3 Å². The van der Waals surface area contributed by atoms with Crippen molar-refractivity contribution in [2.45, 2.75) is 25.4 Å². The summed E-state index contributed by atoms with van der Waals surface area (Å²) >= 11 is 5.98. The lowest BCUT2D eigenvalue weighted by atomic mass is 10.1. The molecule has 0 amide bonds. The Balaban J connectivity index is 1.93. The van der Waals surface area contributed by atoms with Gasteiger partial charge in [0.1, 0.15) is 6.17 Å². The smallest absolute Gasteiger partial charge is 0.303 e. The standard InChI is InChI=1S/C18H16ClN3O2/c19-13-5-7-14(8-6-13)22-16-10-12(11-20)4-9-15(16)21-17(22)2-1-3-18(23)24/h4-10,17,21H,1-3H2,(H,23,24). The van der Waals surface area contributed by atoms with Gasteiger partial charge >= 0.3 is 5.97 Å². The highest BCUT2D eigenvalue weighted by atomic mass is 35.5. The molecular formula is C18H16ClN3O2. The Kier molecular flexibility index (Phi) is 4.59. The molecule has 122 valence electrons. The molecule has 2 N–H and O–H groups in total. The minimum atomic E-state index is -0.796. The number of fused-ring (bicyclic) bond motifs is 1. The lowest BCUT2D eigenvalue weighted by Gasteiger charge is -2.27. The maximum Gasteiger partial charge on any atom is 0.303 e. The van der Waals surface area contributed by atoms with Gasteiger partial charge in [-0.05, 0) is 55.3 Å². The number of nitrogens with one attached hydrogen (secondary N) is 1. The van der Waals surface area contributed by atoms with Gasteiger partial charge in [-0.3, -0.25) is 4.79 Å². The van der Waals surface area contributed by atoms with E-state index in [-0.39, 0.29) is 12.6 Å². The molecule has 24 heavy (non-hydrogen) atoms. The Morgan fingerprint density at radius 2 is 2.04 bits per heavy atom.